The van der Waals surface area contributed by atoms with Gasteiger partial charge in [-0.05, 0) is 24.6 Å². The molecule has 1 aromatic heterocycles. The predicted octanol–water partition coefficient (Wildman–Crippen LogP) is 3.86. The summed E-state index contributed by atoms with van der Waals surface area (Å²) in [6, 6.07) is 8.81. The lowest BCUT2D eigenvalue weighted by molar-refractivity contribution is 0.249. The number of ether oxygens (including phenoxy) is 1. The zero-order chi connectivity index (χ0) is 17.0. The van der Waals surface area contributed by atoms with Gasteiger partial charge in [0.2, 0.25) is 0 Å². The van der Waals surface area contributed by atoms with E-state index in [1.807, 2.05) is 52.0 Å². The van der Waals surface area contributed by atoms with Crippen LogP contribution in [0, 0.1) is 0 Å². The fourth-order valence-corrected chi connectivity index (χ4v) is 2.01. The van der Waals surface area contributed by atoms with Crippen molar-refractivity contribution in [1.29, 1.82) is 0 Å². The lowest BCUT2D eigenvalue weighted by atomic mass is 9.93. The second-order valence-electron chi connectivity index (χ2n) is 6.42. The van der Waals surface area contributed by atoms with Crippen molar-refractivity contribution in [3.05, 3.63) is 41.7 Å². The molecule has 124 valence electrons. The van der Waals surface area contributed by atoms with Crippen molar-refractivity contribution < 1.29 is 14.1 Å². The van der Waals surface area contributed by atoms with E-state index in [0.717, 1.165) is 17.1 Å². The van der Waals surface area contributed by atoms with Gasteiger partial charge in [-0.1, -0.05) is 38.1 Å². The molecule has 0 aliphatic rings. The molecule has 23 heavy (non-hydrogen) atoms. The van der Waals surface area contributed by atoms with Gasteiger partial charge in [0, 0.05) is 11.5 Å². The third-order valence-corrected chi connectivity index (χ3v) is 3.45. The number of nitrogens with one attached hydrogen (secondary N) is 2. The standard InChI is InChI=1S/C17H23N3O3/c1-11(12-6-8-13(22-5)9-7-12)18-16(21)19-15-10-14(23-20-15)17(2,3)4/h6-11H,1-5H3,(H2,18,19,20,21). The Morgan fingerprint density at radius 3 is 2.43 bits per heavy atom. The number of hydrogen-bond acceptors (Lipinski definition) is 4. The Kier molecular flexibility index (Phi) is 4.93. The lowest BCUT2D eigenvalue weighted by Crippen LogP contribution is -2.31. The summed E-state index contributed by atoms with van der Waals surface area (Å²) in [5, 5.41) is 9.40. The summed E-state index contributed by atoms with van der Waals surface area (Å²) in [6.07, 6.45) is 0. The third kappa shape index (κ3) is 4.48. The number of methoxy groups -OCH3 is 1. The summed E-state index contributed by atoms with van der Waals surface area (Å²) in [5.41, 5.74) is 0.830. The van der Waals surface area contributed by atoms with E-state index in [1.165, 1.54) is 0 Å². The maximum absolute atomic E-state index is 12.0. The number of urea groups is 1. The van der Waals surface area contributed by atoms with Gasteiger partial charge in [0.05, 0.1) is 13.2 Å². The third-order valence-electron chi connectivity index (χ3n) is 3.45. The fourth-order valence-electron chi connectivity index (χ4n) is 2.01. The lowest BCUT2D eigenvalue weighted by Gasteiger charge is -2.14. The molecule has 0 aliphatic heterocycles. The molecule has 0 bridgehead atoms. The zero-order valence-corrected chi connectivity index (χ0v) is 14.1. The van der Waals surface area contributed by atoms with Crippen LogP contribution in [0.15, 0.2) is 34.9 Å². The number of nitrogens with zero attached hydrogens (tertiary/aromatic N) is 1. The van der Waals surface area contributed by atoms with Gasteiger partial charge >= 0.3 is 6.03 Å². The van der Waals surface area contributed by atoms with E-state index in [0.29, 0.717) is 5.82 Å². The highest BCUT2D eigenvalue weighted by Crippen LogP contribution is 2.24. The average Bonchev–Trinajstić information content (AvgIpc) is 2.95. The summed E-state index contributed by atoms with van der Waals surface area (Å²) in [4.78, 5) is 12.0. The van der Waals surface area contributed by atoms with Gasteiger partial charge in [0.25, 0.3) is 0 Å². The van der Waals surface area contributed by atoms with E-state index in [1.54, 1.807) is 13.2 Å². The number of carbonyl (C=O) groups excluding carboxylic acids is 1. The first-order chi connectivity index (χ1) is 10.8. The van der Waals surface area contributed by atoms with E-state index >= 15 is 0 Å². The number of hydrogen-bond donors (Lipinski definition) is 2. The normalized spacial score (nSPS) is 12.6. The van der Waals surface area contributed by atoms with Crippen LogP contribution in [0.4, 0.5) is 10.6 Å². The van der Waals surface area contributed by atoms with E-state index < -0.39 is 0 Å². The van der Waals surface area contributed by atoms with Crippen molar-refractivity contribution in [2.24, 2.45) is 0 Å². The molecule has 0 spiro atoms. The van der Waals surface area contributed by atoms with Crippen LogP contribution in [0.2, 0.25) is 0 Å². The van der Waals surface area contributed by atoms with Crippen molar-refractivity contribution >= 4 is 11.8 Å². The molecule has 0 fully saturated rings. The summed E-state index contributed by atoms with van der Waals surface area (Å²) in [5.74, 6) is 1.90. The Morgan fingerprint density at radius 2 is 1.91 bits per heavy atom. The Bertz CT molecular complexity index is 656. The number of amides is 2. The van der Waals surface area contributed by atoms with Gasteiger partial charge in [-0.15, -0.1) is 0 Å². The Hall–Kier alpha value is -2.50. The predicted molar refractivity (Wildman–Crippen MR) is 88.8 cm³/mol. The summed E-state index contributed by atoms with van der Waals surface area (Å²) in [7, 11) is 1.62. The largest absolute Gasteiger partial charge is 0.497 e. The molecule has 1 aromatic carbocycles. The highest BCUT2D eigenvalue weighted by atomic mass is 16.5. The van der Waals surface area contributed by atoms with Gasteiger partial charge in [-0.3, -0.25) is 5.32 Å². The molecule has 2 aromatic rings. The summed E-state index contributed by atoms with van der Waals surface area (Å²) in [6.45, 7) is 7.96. The molecule has 0 radical (unpaired) electrons. The number of aromatic nitrogens is 1. The first kappa shape index (κ1) is 16.9. The first-order valence-corrected chi connectivity index (χ1v) is 7.48. The Morgan fingerprint density at radius 1 is 1.26 bits per heavy atom. The van der Waals surface area contributed by atoms with Gasteiger partial charge in [-0.2, -0.15) is 0 Å². The minimum absolute atomic E-state index is 0.144. The molecular weight excluding hydrogens is 294 g/mol. The van der Waals surface area contributed by atoms with Crippen LogP contribution >= 0.6 is 0 Å². The second kappa shape index (κ2) is 6.73. The summed E-state index contributed by atoms with van der Waals surface area (Å²) >= 11 is 0. The summed E-state index contributed by atoms with van der Waals surface area (Å²) < 4.78 is 10.4. The Labute approximate surface area is 136 Å². The molecular formula is C17H23N3O3. The van der Waals surface area contributed by atoms with Gasteiger partial charge in [0.1, 0.15) is 11.5 Å². The Balaban J connectivity index is 1.94. The molecule has 6 heteroatoms. The SMILES string of the molecule is COc1ccc(C(C)NC(=O)Nc2cc(C(C)(C)C)on2)cc1. The maximum atomic E-state index is 12.0. The number of carbonyl (C=O) groups is 1. The maximum Gasteiger partial charge on any atom is 0.320 e. The van der Waals surface area contributed by atoms with E-state index in [-0.39, 0.29) is 17.5 Å². The minimum Gasteiger partial charge on any atom is -0.497 e. The van der Waals surface area contributed by atoms with Crippen LogP contribution < -0.4 is 15.4 Å². The molecule has 1 unspecified atom stereocenters. The molecule has 2 N–H and O–H groups in total. The number of benzene rings is 1. The molecule has 0 aliphatic carbocycles. The molecule has 1 atom stereocenters. The topological polar surface area (TPSA) is 76.4 Å². The quantitative estimate of drug-likeness (QED) is 0.897. The highest BCUT2D eigenvalue weighted by Gasteiger charge is 2.20. The first-order valence-electron chi connectivity index (χ1n) is 7.48. The highest BCUT2D eigenvalue weighted by molar-refractivity contribution is 5.88. The van der Waals surface area contributed by atoms with Crippen LogP contribution in [0.25, 0.3) is 0 Å². The van der Waals surface area contributed by atoms with Crippen LogP contribution in [0.1, 0.15) is 45.1 Å². The van der Waals surface area contributed by atoms with E-state index in [4.69, 9.17) is 9.26 Å². The van der Waals surface area contributed by atoms with Crippen LogP contribution in [-0.2, 0) is 5.41 Å². The fraction of sp³-hybridized carbons (Fsp3) is 0.412. The molecule has 2 rings (SSSR count). The van der Waals surface area contributed by atoms with Gasteiger partial charge in [-0.25, -0.2) is 4.79 Å². The van der Waals surface area contributed by atoms with Crippen molar-refractivity contribution in [1.82, 2.24) is 10.5 Å². The minimum atomic E-state index is -0.331. The van der Waals surface area contributed by atoms with Crippen LogP contribution in [0.3, 0.4) is 0 Å². The van der Waals surface area contributed by atoms with Crippen molar-refractivity contribution in [2.45, 2.75) is 39.2 Å². The van der Waals surface area contributed by atoms with Gasteiger partial charge < -0.3 is 14.6 Å². The molecule has 1 heterocycles. The van der Waals surface area contributed by atoms with Crippen LogP contribution in [0.5, 0.6) is 5.75 Å². The number of anilines is 1. The zero-order valence-electron chi connectivity index (χ0n) is 14.1. The van der Waals surface area contributed by atoms with E-state index in [9.17, 15) is 4.79 Å². The monoisotopic (exact) mass is 317 g/mol. The molecule has 6 nitrogen and oxygen atoms in total. The molecule has 0 saturated heterocycles. The van der Waals surface area contributed by atoms with Crippen molar-refractivity contribution in [3.63, 3.8) is 0 Å². The second-order valence-corrected chi connectivity index (χ2v) is 6.42. The number of rotatable bonds is 4. The smallest absolute Gasteiger partial charge is 0.320 e. The van der Waals surface area contributed by atoms with Crippen molar-refractivity contribution in [3.8, 4) is 5.75 Å². The van der Waals surface area contributed by atoms with E-state index in [2.05, 4.69) is 15.8 Å². The van der Waals surface area contributed by atoms with Crippen LogP contribution in [-0.4, -0.2) is 18.3 Å². The molecule has 2 amide bonds. The van der Waals surface area contributed by atoms with Crippen molar-refractivity contribution in [2.75, 3.05) is 12.4 Å². The van der Waals surface area contributed by atoms with Gasteiger partial charge in [0.15, 0.2) is 5.82 Å². The molecule has 0 saturated carbocycles. The average molecular weight is 317 g/mol.